The van der Waals surface area contributed by atoms with Crippen LogP contribution in [0, 0.1) is 5.92 Å². The second kappa shape index (κ2) is 10.5. The zero-order valence-electron chi connectivity index (χ0n) is 16.1. The second-order valence-corrected chi connectivity index (χ2v) is 7.05. The number of methoxy groups -OCH3 is 1. The smallest absolute Gasteiger partial charge is 0.475 e. The van der Waals surface area contributed by atoms with Gasteiger partial charge in [-0.1, -0.05) is 0 Å². The van der Waals surface area contributed by atoms with Gasteiger partial charge in [-0.25, -0.2) is 4.79 Å². The van der Waals surface area contributed by atoms with Crippen LogP contribution >= 0.6 is 0 Å². The van der Waals surface area contributed by atoms with Crippen LogP contribution in [0.25, 0.3) is 0 Å². The van der Waals surface area contributed by atoms with Crippen LogP contribution in [0.3, 0.4) is 0 Å². The Balaban J connectivity index is 0.000000370. The largest absolute Gasteiger partial charge is 0.490 e. The van der Waals surface area contributed by atoms with Crippen molar-refractivity contribution in [2.75, 3.05) is 26.9 Å². The van der Waals surface area contributed by atoms with Crippen LogP contribution in [0.1, 0.15) is 24.8 Å². The van der Waals surface area contributed by atoms with Crippen molar-refractivity contribution < 1.29 is 37.3 Å². The lowest BCUT2D eigenvalue weighted by molar-refractivity contribution is -0.192. The van der Waals surface area contributed by atoms with Gasteiger partial charge in [0.2, 0.25) is 5.91 Å². The van der Waals surface area contributed by atoms with Crippen molar-refractivity contribution in [2.24, 2.45) is 5.92 Å². The van der Waals surface area contributed by atoms with Crippen molar-refractivity contribution in [1.29, 1.82) is 0 Å². The fourth-order valence-electron chi connectivity index (χ4n) is 3.08. The van der Waals surface area contributed by atoms with Crippen LogP contribution in [-0.4, -0.2) is 72.1 Å². The molecular weight excluding hydrogens is 393 g/mol. The monoisotopic (exact) mass is 418 g/mol. The Labute approximate surface area is 166 Å². The lowest BCUT2D eigenvalue weighted by Gasteiger charge is -2.28. The second-order valence-electron chi connectivity index (χ2n) is 7.05. The molecule has 29 heavy (non-hydrogen) atoms. The Morgan fingerprint density at radius 2 is 1.86 bits per heavy atom. The number of carbonyl (C=O) groups is 2. The molecule has 0 aromatic carbocycles. The molecule has 1 aromatic heterocycles. The predicted octanol–water partition coefficient (Wildman–Crippen LogP) is 2.30. The Morgan fingerprint density at radius 1 is 1.24 bits per heavy atom. The molecule has 1 saturated heterocycles. The minimum absolute atomic E-state index is 0.0547. The number of halogens is 3. The molecule has 0 radical (unpaired) electrons. The first kappa shape index (κ1) is 23.1. The molecule has 0 bridgehead atoms. The number of aromatic nitrogens is 1. The summed E-state index contributed by atoms with van der Waals surface area (Å²) in [5.41, 5.74) is 1.19. The third kappa shape index (κ3) is 7.62. The maximum atomic E-state index is 12.3. The van der Waals surface area contributed by atoms with E-state index in [0.29, 0.717) is 0 Å². The summed E-state index contributed by atoms with van der Waals surface area (Å²) in [6, 6.07) is 4.12. The molecule has 2 aliphatic rings. The maximum absolute atomic E-state index is 12.3. The Kier molecular flexibility index (Phi) is 8.39. The van der Waals surface area contributed by atoms with Crippen LogP contribution in [0.2, 0.25) is 0 Å². The SMILES string of the molecule is COCC(=O)N1CC[C@@H](OCC2CC2)[C@@H]1Cc1ccncc1.O=C(O)C(F)(F)F. The third-order valence-corrected chi connectivity index (χ3v) is 4.75. The molecule has 1 aliphatic carbocycles. The highest BCUT2D eigenvalue weighted by atomic mass is 19.4. The highest BCUT2D eigenvalue weighted by Crippen LogP contribution is 2.32. The van der Waals surface area contributed by atoms with Gasteiger partial charge >= 0.3 is 12.1 Å². The van der Waals surface area contributed by atoms with Crippen LogP contribution < -0.4 is 0 Å². The summed E-state index contributed by atoms with van der Waals surface area (Å²) >= 11 is 0. The van der Waals surface area contributed by atoms with E-state index in [2.05, 4.69) is 4.98 Å². The number of hydrogen-bond acceptors (Lipinski definition) is 5. The first-order valence-corrected chi connectivity index (χ1v) is 9.31. The summed E-state index contributed by atoms with van der Waals surface area (Å²) in [5.74, 6) is -1.96. The van der Waals surface area contributed by atoms with Crippen molar-refractivity contribution in [3.8, 4) is 0 Å². The van der Waals surface area contributed by atoms with E-state index in [1.165, 1.54) is 18.4 Å². The molecule has 10 heteroatoms. The minimum Gasteiger partial charge on any atom is -0.475 e. The molecule has 1 amide bonds. The normalized spacial score (nSPS) is 21.4. The Hall–Kier alpha value is -2.20. The van der Waals surface area contributed by atoms with Crippen LogP contribution in [0.5, 0.6) is 0 Å². The number of ether oxygens (including phenoxy) is 2. The van der Waals surface area contributed by atoms with Crippen LogP contribution in [0.15, 0.2) is 24.5 Å². The zero-order chi connectivity index (χ0) is 21.4. The van der Waals surface area contributed by atoms with Crippen LogP contribution in [-0.2, 0) is 25.5 Å². The fourth-order valence-corrected chi connectivity index (χ4v) is 3.08. The first-order valence-electron chi connectivity index (χ1n) is 9.31. The molecule has 1 aliphatic heterocycles. The molecule has 1 saturated carbocycles. The number of alkyl halides is 3. The molecule has 1 N–H and O–H groups in total. The topological polar surface area (TPSA) is 89.0 Å². The quantitative estimate of drug-likeness (QED) is 0.731. The van der Waals surface area contributed by atoms with Gasteiger partial charge in [0.25, 0.3) is 0 Å². The highest BCUT2D eigenvalue weighted by Gasteiger charge is 2.39. The number of pyridine rings is 1. The molecule has 0 spiro atoms. The Bertz CT molecular complexity index is 668. The van der Waals surface area contributed by atoms with Crippen molar-refractivity contribution in [3.05, 3.63) is 30.1 Å². The van der Waals surface area contributed by atoms with Crippen molar-refractivity contribution >= 4 is 11.9 Å². The molecule has 0 unspecified atom stereocenters. The van der Waals surface area contributed by atoms with E-state index in [-0.39, 0.29) is 24.7 Å². The molecule has 1 aromatic rings. The summed E-state index contributed by atoms with van der Waals surface area (Å²) < 4.78 is 42.9. The standard InChI is InChI=1S/C17H24N2O3.C2HF3O2/c1-21-12-17(20)19-9-6-16(22-11-14-2-3-14)15(19)10-13-4-7-18-8-5-13;3-2(4,5)1(6)7/h4-5,7-8,14-16H,2-3,6,9-12H2,1H3;(H,6,7)/t15-,16+;/m0./s1. The molecular formula is C19H25F3N2O5. The third-order valence-electron chi connectivity index (χ3n) is 4.75. The summed E-state index contributed by atoms with van der Waals surface area (Å²) in [6.07, 6.45) is 2.94. The first-order chi connectivity index (χ1) is 13.7. The number of rotatable bonds is 7. The van der Waals surface area contributed by atoms with Gasteiger partial charge in [-0.3, -0.25) is 9.78 Å². The van der Waals surface area contributed by atoms with E-state index < -0.39 is 12.1 Å². The summed E-state index contributed by atoms with van der Waals surface area (Å²) in [7, 11) is 1.56. The fraction of sp³-hybridized carbons (Fsp3) is 0.632. The zero-order valence-corrected chi connectivity index (χ0v) is 16.1. The van der Waals surface area contributed by atoms with Crippen molar-refractivity contribution in [1.82, 2.24) is 9.88 Å². The average Bonchev–Trinajstić information content (AvgIpc) is 3.41. The molecule has 2 fully saturated rings. The number of likely N-dealkylation sites (tertiary alicyclic amines) is 1. The number of hydrogen-bond donors (Lipinski definition) is 1. The van der Waals surface area contributed by atoms with Gasteiger partial charge in [-0.15, -0.1) is 0 Å². The number of aliphatic carboxylic acids is 1. The number of carboxylic acids is 1. The van der Waals surface area contributed by atoms with E-state index in [4.69, 9.17) is 19.4 Å². The van der Waals surface area contributed by atoms with E-state index in [0.717, 1.165) is 31.9 Å². The van der Waals surface area contributed by atoms with Gasteiger partial charge < -0.3 is 19.5 Å². The molecule has 3 rings (SSSR count). The summed E-state index contributed by atoms with van der Waals surface area (Å²) in [6.45, 7) is 1.74. The van der Waals surface area contributed by atoms with Gasteiger partial charge in [-0.05, 0) is 49.3 Å². The highest BCUT2D eigenvalue weighted by molar-refractivity contribution is 5.78. The molecule has 7 nitrogen and oxygen atoms in total. The van der Waals surface area contributed by atoms with Crippen LogP contribution in [0.4, 0.5) is 13.2 Å². The van der Waals surface area contributed by atoms with E-state index in [1.54, 1.807) is 19.5 Å². The molecule has 2 heterocycles. The van der Waals surface area contributed by atoms with E-state index in [9.17, 15) is 18.0 Å². The lowest BCUT2D eigenvalue weighted by Crippen LogP contribution is -2.43. The molecule has 162 valence electrons. The number of nitrogens with zero attached hydrogens (tertiary/aromatic N) is 2. The predicted molar refractivity (Wildman–Crippen MR) is 96.1 cm³/mol. The minimum atomic E-state index is -5.08. The summed E-state index contributed by atoms with van der Waals surface area (Å²) in [4.78, 5) is 27.2. The van der Waals surface area contributed by atoms with Gasteiger partial charge in [0.1, 0.15) is 6.61 Å². The van der Waals surface area contributed by atoms with Gasteiger partial charge in [0.15, 0.2) is 0 Å². The van der Waals surface area contributed by atoms with Crippen molar-refractivity contribution in [3.63, 3.8) is 0 Å². The van der Waals surface area contributed by atoms with E-state index in [1.807, 2.05) is 17.0 Å². The van der Waals surface area contributed by atoms with Gasteiger partial charge in [0, 0.05) is 32.7 Å². The van der Waals surface area contributed by atoms with Gasteiger partial charge in [0.05, 0.1) is 12.1 Å². The number of amides is 1. The lowest BCUT2D eigenvalue weighted by atomic mass is 10.0. The maximum Gasteiger partial charge on any atom is 0.490 e. The number of carbonyl (C=O) groups excluding carboxylic acids is 1. The van der Waals surface area contributed by atoms with Gasteiger partial charge in [-0.2, -0.15) is 13.2 Å². The molecule has 2 atom stereocenters. The van der Waals surface area contributed by atoms with E-state index >= 15 is 0 Å². The summed E-state index contributed by atoms with van der Waals surface area (Å²) in [5, 5.41) is 7.12. The average molecular weight is 418 g/mol. The Morgan fingerprint density at radius 3 is 2.38 bits per heavy atom. The number of carboxylic acid groups (broad SMARTS) is 1. The van der Waals surface area contributed by atoms with Crippen molar-refractivity contribution in [2.45, 2.75) is 44.0 Å².